The predicted molar refractivity (Wildman–Crippen MR) is 82.4 cm³/mol. The first-order chi connectivity index (χ1) is 10.0. The standard InChI is InChI=1S/C15H19ClN4O/c1-4-12(10-5-7-11(16)8-6-10)17-15(21)14-18-13(9(2)3)19-20-14/h5-9,12H,4H2,1-3H3,(H,17,21)(H,18,19,20). The van der Waals surface area contributed by atoms with Crippen molar-refractivity contribution in [1.29, 1.82) is 0 Å². The van der Waals surface area contributed by atoms with Crippen LogP contribution in [0.1, 0.15) is 61.2 Å². The Kier molecular flexibility index (Phi) is 4.96. The number of amides is 1. The van der Waals surface area contributed by atoms with E-state index < -0.39 is 0 Å². The summed E-state index contributed by atoms with van der Waals surface area (Å²) in [6, 6.07) is 7.36. The third-order valence-corrected chi connectivity index (χ3v) is 3.49. The first-order valence-electron chi connectivity index (χ1n) is 6.99. The van der Waals surface area contributed by atoms with Crippen LogP contribution in [-0.4, -0.2) is 21.1 Å². The minimum Gasteiger partial charge on any atom is -0.342 e. The summed E-state index contributed by atoms with van der Waals surface area (Å²) in [5.74, 6) is 0.808. The van der Waals surface area contributed by atoms with E-state index in [1.807, 2.05) is 45.0 Å². The average Bonchev–Trinajstić information content (AvgIpc) is 2.96. The van der Waals surface area contributed by atoms with Crippen LogP contribution in [0.5, 0.6) is 0 Å². The normalized spacial score (nSPS) is 12.4. The molecule has 0 bridgehead atoms. The van der Waals surface area contributed by atoms with Crippen molar-refractivity contribution in [2.24, 2.45) is 0 Å². The fraction of sp³-hybridized carbons (Fsp3) is 0.400. The maximum atomic E-state index is 12.2. The lowest BCUT2D eigenvalue weighted by molar-refractivity contribution is 0.0925. The topological polar surface area (TPSA) is 70.7 Å². The molecule has 0 aliphatic heterocycles. The highest BCUT2D eigenvalue weighted by atomic mass is 35.5. The number of hydrogen-bond acceptors (Lipinski definition) is 3. The third-order valence-electron chi connectivity index (χ3n) is 3.24. The summed E-state index contributed by atoms with van der Waals surface area (Å²) in [7, 11) is 0. The summed E-state index contributed by atoms with van der Waals surface area (Å²) in [6.07, 6.45) is 0.773. The molecule has 2 aromatic rings. The second-order valence-electron chi connectivity index (χ2n) is 5.18. The maximum Gasteiger partial charge on any atom is 0.291 e. The smallest absolute Gasteiger partial charge is 0.291 e. The van der Waals surface area contributed by atoms with Gasteiger partial charge in [-0.3, -0.25) is 9.89 Å². The average molecular weight is 307 g/mol. The van der Waals surface area contributed by atoms with Crippen molar-refractivity contribution >= 4 is 17.5 Å². The van der Waals surface area contributed by atoms with E-state index in [2.05, 4.69) is 20.5 Å². The largest absolute Gasteiger partial charge is 0.342 e. The second-order valence-corrected chi connectivity index (χ2v) is 5.62. The molecule has 112 valence electrons. The second kappa shape index (κ2) is 6.72. The van der Waals surface area contributed by atoms with E-state index in [0.29, 0.717) is 10.8 Å². The molecule has 1 aromatic carbocycles. The van der Waals surface area contributed by atoms with E-state index in [9.17, 15) is 4.79 Å². The molecule has 2 rings (SSSR count). The molecule has 1 atom stereocenters. The van der Waals surface area contributed by atoms with Gasteiger partial charge in [0.1, 0.15) is 5.82 Å². The van der Waals surface area contributed by atoms with Crippen LogP contribution in [0.3, 0.4) is 0 Å². The molecule has 2 N–H and O–H groups in total. The number of nitrogens with zero attached hydrogens (tertiary/aromatic N) is 2. The Labute approximate surface area is 129 Å². The van der Waals surface area contributed by atoms with Crippen LogP contribution in [0.4, 0.5) is 0 Å². The fourth-order valence-electron chi connectivity index (χ4n) is 1.97. The molecule has 1 unspecified atom stereocenters. The number of benzene rings is 1. The molecule has 21 heavy (non-hydrogen) atoms. The SMILES string of the molecule is CCC(NC(=O)c1n[nH]c(C(C)C)n1)c1ccc(Cl)cc1. The summed E-state index contributed by atoms with van der Waals surface area (Å²) in [6.45, 7) is 5.99. The van der Waals surface area contributed by atoms with Crippen molar-refractivity contribution in [3.8, 4) is 0 Å². The predicted octanol–water partition coefficient (Wildman–Crippen LogP) is 3.46. The Morgan fingerprint density at radius 3 is 2.52 bits per heavy atom. The summed E-state index contributed by atoms with van der Waals surface area (Å²) in [4.78, 5) is 16.4. The Hall–Kier alpha value is -1.88. The van der Waals surface area contributed by atoms with Gasteiger partial charge < -0.3 is 5.32 Å². The first-order valence-corrected chi connectivity index (χ1v) is 7.37. The van der Waals surface area contributed by atoms with Crippen LogP contribution in [-0.2, 0) is 0 Å². The molecule has 1 amide bonds. The lowest BCUT2D eigenvalue weighted by Crippen LogP contribution is -2.29. The highest BCUT2D eigenvalue weighted by Crippen LogP contribution is 2.19. The van der Waals surface area contributed by atoms with Crippen molar-refractivity contribution in [1.82, 2.24) is 20.5 Å². The van der Waals surface area contributed by atoms with Crippen LogP contribution in [0.15, 0.2) is 24.3 Å². The lowest BCUT2D eigenvalue weighted by Gasteiger charge is -2.16. The molecule has 6 heteroatoms. The van der Waals surface area contributed by atoms with E-state index in [1.54, 1.807) is 0 Å². The first kappa shape index (κ1) is 15.5. The minimum absolute atomic E-state index is 0.0873. The highest BCUT2D eigenvalue weighted by molar-refractivity contribution is 6.30. The van der Waals surface area contributed by atoms with E-state index in [4.69, 9.17) is 11.6 Å². The number of nitrogens with one attached hydrogen (secondary N) is 2. The van der Waals surface area contributed by atoms with Gasteiger partial charge in [-0.25, -0.2) is 4.98 Å². The maximum absolute atomic E-state index is 12.2. The van der Waals surface area contributed by atoms with Crippen LogP contribution < -0.4 is 5.32 Å². The lowest BCUT2D eigenvalue weighted by atomic mass is 10.0. The number of aromatic amines is 1. The van der Waals surface area contributed by atoms with E-state index >= 15 is 0 Å². The van der Waals surface area contributed by atoms with Gasteiger partial charge in [-0.15, -0.1) is 5.10 Å². The molecule has 0 aliphatic carbocycles. The zero-order chi connectivity index (χ0) is 15.4. The van der Waals surface area contributed by atoms with Crippen molar-refractivity contribution in [2.45, 2.75) is 39.2 Å². The van der Waals surface area contributed by atoms with Crippen molar-refractivity contribution in [3.63, 3.8) is 0 Å². The molecule has 0 saturated carbocycles. The Bertz CT molecular complexity index is 606. The number of halogens is 1. The number of H-pyrrole nitrogens is 1. The molecule has 0 saturated heterocycles. The molecular formula is C15H19ClN4O. The Balaban J connectivity index is 2.10. The van der Waals surface area contributed by atoms with Crippen LogP contribution in [0.2, 0.25) is 5.02 Å². The van der Waals surface area contributed by atoms with Gasteiger partial charge in [0.2, 0.25) is 5.82 Å². The molecular weight excluding hydrogens is 288 g/mol. The van der Waals surface area contributed by atoms with Crippen molar-refractivity contribution < 1.29 is 4.79 Å². The van der Waals surface area contributed by atoms with Gasteiger partial charge in [0.05, 0.1) is 6.04 Å². The molecule has 0 radical (unpaired) electrons. The highest BCUT2D eigenvalue weighted by Gasteiger charge is 2.18. The fourth-order valence-corrected chi connectivity index (χ4v) is 2.10. The van der Waals surface area contributed by atoms with Crippen molar-refractivity contribution in [2.75, 3.05) is 0 Å². The van der Waals surface area contributed by atoms with E-state index in [0.717, 1.165) is 12.0 Å². The summed E-state index contributed by atoms with van der Waals surface area (Å²) in [5, 5.41) is 10.4. The van der Waals surface area contributed by atoms with Crippen LogP contribution in [0.25, 0.3) is 0 Å². The van der Waals surface area contributed by atoms with Gasteiger partial charge in [-0.1, -0.05) is 44.5 Å². The summed E-state index contributed by atoms with van der Waals surface area (Å²) < 4.78 is 0. The van der Waals surface area contributed by atoms with Crippen LogP contribution in [0, 0.1) is 0 Å². The third kappa shape index (κ3) is 3.82. The minimum atomic E-state index is -0.278. The zero-order valence-electron chi connectivity index (χ0n) is 12.4. The van der Waals surface area contributed by atoms with E-state index in [-0.39, 0.29) is 23.7 Å². The van der Waals surface area contributed by atoms with Gasteiger partial charge >= 0.3 is 0 Å². The number of carbonyl (C=O) groups is 1. The van der Waals surface area contributed by atoms with Gasteiger partial charge in [0, 0.05) is 10.9 Å². The van der Waals surface area contributed by atoms with E-state index in [1.165, 1.54) is 0 Å². The number of aromatic nitrogens is 3. The molecule has 0 aliphatic rings. The number of carbonyl (C=O) groups excluding carboxylic acids is 1. The van der Waals surface area contributed by atoms with Crippen molar-refractivity contribution in [3.05, 3.63) is 46.5 Å². The van der Waals surface area contributed by atoms with Gasteiger partial charge in [0.15, 0.2) is 0 Å². The van der Waals surface area contributed by atoms with Gasteiger partial charge in [0.25, 0.3) is 5.91 Å². The molecule has 5 nitrogen and oxygen atoms in total. The number of rotatable bonds is 5. The Morgan fingerprint density at radius 1 is 1.33 bits per heavy atom. The Morgan fingerprint density at radius 2 is 2.00 bits per heavy atom. The molecule has 0 spiro atoms. The zero-order valence-corrected chi connectivity index (χ0v) is 13.1. The quantitative estimate of drug-likeness (QED) is 0.888. The number of hydrogen-bond donors (Lipinski definition) is 2. The summed E-state index contributed by atoms with van der Waals surface area (Å²) in [5.41, 5.74) is 1.01. The summed E-state index contributed by atoms with van der Waals surface area (Å²) >= 11 is 5.88. The molecule has 0 fully saturated rings. The van der Waals surface area contributed by atoms with Gasteiger partial charge in [-0.05, 0) is 24.1 Å². The molecule has 1 heterocycles. The molecule has 1 aromatic heterocycles. The van der Waals surface area contributed by atoms with Crippen LogP contribution >= 0.6 is 11.6 Å². The monoisotopic (exact) mass is 306 g/mol. The van der Waals surface area contributed by atoms with Gasteiger partial charge in [-0.2, -0.15) is 0 Å².